The van der Waals surface area contributed by atoms with E-state index >= 15 is 0 Å². The van der Waals surface area contributed by atoms with Gasteiger partial charge in [0.15, 0.2) is 0 Å². The van der Waals surface area contributed by atoms with Gasteiger partial charge in [-0.05, 0) is 0 Å². The molecule has 0 aliphatic heterocycles. The van der Waals surface area contributed by atoms with Gasteiger partial charge in [0.2, 0.25) is 0 Å². The maximum atomic E-state index is 4.18. The van der Waals surface area contributed by atoms with Gasteiger partial charge in [-0.15, -0.1) is 0 Å². The van der Waals surface area contributed by atoms with Crippen molar-refractivity contribution in [3.8, 4) is 0 Å². The Hall–Kier alpha value is 0.0995. The van der Waals surface area contributed by atoms with Gasteiger partial charge < -0.3 is 0 Å². The summed E-state index contributed by atoms with van der Waals surface area (Å²) in [5.74, 6) is 0. The summed E-state index contributed by atoms with van der Waals surface area (Å²) in [4.78, 5) is 4.18. The van der Waals surface area contributed by atoms with Gasteiger partial charge >= 0.3 is 63.4 Å². The molecule has 0 amide bonds. The number of rotatable bonds is 1. The monoisotopic (exact) mass is 189 g/mol. The van der Waals surface area contributed by atoms with E-state index in [-0.39, 0.29) is 0 Å². The summed E-state index contributed by atoms with van der Waals surface area (Å²) in [6.45, 7) is 0. The molecule has 0 atom stereocenters. The first-order valence-corrected chi connectivity index (χ1v) is 4.36. The van der Waals surface area contributed by atoms with E-state index in [2.05, 4.69) is 25.3 Å². The van der Waals surface area contributed by atoms with Crippen molar-refractivity contribution in [3.05, 3.63) is 0 Å². The molecule has 0 radical (unpaired) electrons. The molecule has 0 bridgehead atoms. The quantitative estimate of drug-likeness (QED) is 0.435. The third-order valence-electron chi connectivity index (χ3n) is 1.81. The molecule has 0 aromatic heterocycles. The second-order valence-corrected chi connectivity index (χ2v) is 2.90. The van der Waals surface area contributed by atoms with Crippen LogP contribution in [-0.2, 0) is 0 Å². The van der Waals surface area contributed by atoms with E-state index in [1.165, 1.54) is 32.1 Å². The molecule has 1 aliphatic carbocycles. The van der Waals surface area contributed by atoms with Crippen LogP contribution < -0.4 is 0 Å². The Labute approximate surface area is 63.9 Å². The van der Waals surface area contributed by atoms with E-state index in [0.29, 0.717) is 6.04 Å². The van der Waals surface area contributed by atoms with E-state index in [1.54, 1.807) is 0 Å². The van der Waals surface area contributed by atoms with E-state index < -0.39 is 0 Å². The van der Waals surface area contributed by atoms with Crippen LogP contribution in [0.25, 0.3) is 0 Å². The minimum atomic E-state index is 0.583. The molecule has 0 heterocycles. The fourth-order valence-electron chi connectivity index (χ4n) is 1.28. The SMILES string of the molecule is [Se]=C=NC1CCCCC1. The van der Waals surface area contributed by atoms with Crippen molar-refractivity contribution in [2.24, 2.45) is 4.99 Å². The zero-order valence-corrected chi connectivity index (χ0v) is 7.18. The molecule has 0 spiro atoms. The molecular formula is C7H11NSe. The van der Waals surface area contributed by atoms with Crippen LogP contribution in [0.2, 0.25) is 0 Å². The van der Waals surface area contributed by atoms with E-state index in [4.69, 9.17) is 0 Å². The van der Waals surface area contributed by atoms with Gasteiger partial charge in [-0.3, -0.25) is 0 Å². The van der Waals surface area contributed by atoms with Crippen molar-refractivity contribution in [3.63, 3.8) is 0 Å². The Morgan fingerprint density at radius 3 is 2.44 bits per heavy atom. The Bertz CT molecular complexity index is 121. The third-order valence-corrected chi connectivity index (χ3v) is 2.03. The van der Waals surface area contributed by atoms with E-state index in [1.807, 2.05) is 0 Å². The zero-order valence-electron chi connectivity index (χ0n) is 5.47. The first kappa shape index (κ1) is 7.21. The topological polar surface area (TPSA) is 12.4 Å². The summed E-state index contributed by atoms with van der Waals surface area (Å²) in [6, 6.07) is 0.583. The summed E-state index contributed by atoms with van der Waals surface area (Å²) in [7, 11) is 0. The van der Waals surface area contributed by atoms with Crippen molar-refractivity contribution in [2.45, 2.75) is 38.1 Å². The van der Waals surface area contributed by atoms with Crippen molar-refractivity contribution in [1.29, 1.82) is 0 Å². The Kier molecular flexibility index (Phi) is 3.21. The Morgan fingerprint density at radius 1 is 1.22 bits per heavy atom. The van der Waals surface area contributed by atoms with Gasteiger partial charge in [0.05, 0.1) is 0 Å². The molecule has 1 aliphatic rings. The zero-order chi connectivity index (χ0) is 6.53. The van der Waals surface area contributed by atoms with Crippen molar-refractivity contribution >= 4 is 20.3 Å². The summed E-state index contributed by atoms with van der Waals surface area (Å²) in [5, 5.41) is 0. The Morgan fingerprint density at radius 2 is 1.89 bits per heavy atom. The number of hydrogen-bond donors (Lipinski definition) is 0. The van der Waals surface area contributed by atoms with Crippen molar-refractivity contribution in [1.82, 2.24) is 0 Å². The molecule has 9 heavy (non-hydrogen) atoms. The Balaban J connectivity index is 2.31. The molecule has 1 rings (SSSR count). The van der Waals surface area contributed by atoms with E-state index in [0.717, 1.165) is 0 Å². The van der Waals surface area contributed by atoms with Crippen molar-refractivity contribution in [2.75, 3.05) is 0 Å². The summed E-state index contributed by atoms with van der Waals surface area (Å²) >= 11 is 2.67. The fraction of sp³-hybridized carbons (Fsp3) is 0.857. The van der Waals surface area contributed by atoms with Crippen LogP contribution in [0.5, 0.6) is 0 Å². The number of aliphatic imine (C=N–C) groups is 1. The summed E-state index contributed by atoms with van der Waals surface area (Å²) in [6.07, 6.45) is 6.66. The van der Waals surface area contributed by atoms with E-state index in [9.17, 15) is 0 Å². The second kappa shape index (κ2) is 4.00. The molecular weight excluding hydrogens is 177 g/mol. The first-order chi connectivity index (χ1) is 4.43. The molecule has 1 fully saturated rings. The van der Waals surface area contributed by atoms with Gasteiger partial charge in [-0.2, -0.15) is 0 Å². The van der Waals surface area contributed by atoms with Gasteiger partial charge in [0, 0.05) is 0 Å². The number of nitrogens with zero attached hydrogens (tertiary/aromatic N) is 1. The maximum absolute atomic E-state index is 4.18. The van der Waals surface area contributed by atoms with Gasteiger partial charge in [0.1, 0.15) is 0 Å². The predicted octanol–water partition coefficient (Wildman–Crippen LogP) is 1.39. The molecule has 1 nitrogen and oxygen atoms in total. The first-order valence-electron chi connectivity index (χ1n) is 3.50. The third kappa shape index (κ3) is 2.45. The van der Waals surface area contributed by atoms with Crippen LogP contribution in [0, 0.1) is 0 Å². The van der Waals surface area contributed by atoms with Crippen LogP contribution in [0.15, 0.2) is 4.99 Å². The van der Waals surface area contributed by atoms with Crippen LogP contribution in [0.1, 0.15) is 32.1 Å². The minimum absolute atomic E-state index is 0.583. The standard InChI is InChI=1S/C7H11NSe/c9-6-8-7-4-2-1-3-5-7/h7H,1-5H2. The molecule has 0 aromatic carbocycles. The summed E-state index contributed by atoms with van der Waals surface area (Å²) in [5.41, 5.74) is 0. The second-order valence-electron chi connectivity index (χ2n) is 2.51. The van der Waals surface area contributed by atoms with Crippen LogP contribution in [0.4, 0.5) is 0 Å². The van der Waals surface area contributed by atoms with Gasteiger partial charge in [-0.25, -0.2) is 0 Å². The van der Waals surface area contributed by atoms with Crippen LogP contribution in [-0.4, -0.2) is 26.3 Å². The molecule has 1 saturated carbocycles. The van der Waals surface area contributed by atoms with Crippen LogP contribution in [0.3, 0.4) is 0 Å². The average molecular weight is 188 g/mol. The average Bonchev–Trinajstić information content (AvgIpc) is 1.91. The molecule has 0 aromatic rings. The molecule has 0 saturated heterocycles. The summed E-state index contributed by atoms with van der Waals surface area (Å²) < 4.78 is 2.74. The predicted molar refractivity (Wildman–Crippen MR) is 40.1 cm³/mol. The van der Waals surface area contributed by atoms with Crippen molar-refractivity contribution < 1.29 is 0 Å². The molecule has 2 heteroatoms. The van der Waals surface area contributed by atoms with Crippen LogP contribution >= 0.6 is 0 Å². The van der Waals surface area contributed by atoms with Gasteiger partial charge in [-0.1, -0.05) is 0 Å². The molecule has 50 valence electrons. The molecule has 0 unspecified atom stereocenters. The molecule has 0 N–H and O–H groups in total. The van der Waals surface area contributed by atoms with Gasteiger partial charge in [0.25, 0.3) is 0 Å². The number of hydrogen-bond acceptors (Lipinski definition) is 1. The fourth-order valence-corrected chi connectivity index (χ4v) is 1.60. The normalized spacial score (nSPS) is 20.9.